The molecule has 1 fully saturated rings. The number of benzene rings is 1. The highest BCUT2D eigenvalue weighted by Gasteiger charge is 2.22. The summed E-state index contributed by atoms with van der Waals surface area (Å²) in [5.74, 6) is -0.290. The standard InChI is InChI=1S/C22H27N3O2/c1-16(2)25(15-17-8-4-3-5-9-17)22(27)18-12-13-23-20(14-18)21(26)24-19-10-6-7-11-19/h3-5,8-9,12-14,16,19H,6-7,10-11,15H2,1-2H3,(H,24,26). The van der Waals surface area contributed by atoms with Gasteiger partial charge < -0.3 is 10.2 Å². The van der Waals surface area contributed by atoms with Crippen LogP contribution in [0.4, 0.5) is 0 Å². The summed E-state index contributed by atoms with van der Waals surface area (Å²) in [5, 5.41) is 3.03. The molecule has 0 spiro atoms. The summed E-state index contributed by atoms with van der Waals surface area (Å²) in [6, 6.07) is 13.5. The number of rotatable bonds is 6. The second-order valence-electron chi connectivity index (χ2n) is 7.40. The molecule has 5 heteroatoms. The van der Waals surface area contributed by atoms with E-state index in [-0.39, 0.29) is 23.9 Å². The number of carbonyl (C=O) groups is 2. The fraction of sp³-hybridized carbons (Fsp3) is 0.409. The summed E-state index contributed by atoms with van der Waals surface area (Å²) in [6.45, 7) is 4.52. The molecule has 1 heterocycles. The number of amides is 2. The molecule has 0 aliphatic heterocycles. The van der Waals surface area contributed by atoms with Crippen molar-refractivity contribution in [1.29, 1.82) is 0 Å². The van der Waals surface area contributed by atoms with Crippen molar-refractivity contribution in [2.45, 2.75) is 58.2 Å². The van der Waals surface area contributed by atoms with Gasteiger partial charge in [-0.15, -0.1) is 0 Å². The number of nitrogens with zero attached hydrogens (tertiary/aromatic N) is 2. The van der Waals surface area contributed by atoms with Crippen molar-refractivity contribution in [1.82, 2.24) is 15.2 Å². The summed E-state index contributed by atoms with van der Waals surface area (Å²) in [6.07, 6.45) is 5.88. The third-order valence-electron chi connectivity index (χ3n) is 5.01. The van der Waals surface area contributed by atoms with E-state index < -0.39 is 0 Å². The summed E-state index contributed by atoms with van der Waals surface area (Å²) in [5.41, 5.74) is 1.87. The Bertz CT molecular complexity index is 783. The lowest BCUT2D eigenvalue weighted by molar-refractivity contribution is 0.0690. The predicted octanol–water partition coefficient (Wildman–Crippen LogP) is 3.80. The topological polar surface area (TPSA) is 62.3 Å². The lowest BCUT2D eigenvalue weighted by atomic mass is 10.1. The van der Waals surface area contributed by atoms with Gasteiger partial charge in [0, 0.05) is 30.4 Å². The maximum Gasteiger partial charge on any atom is 0.270 e. The second-order valence-corrected chi connectivity index (χ2v) is 7.40. The number of hydrogen-bond donors (Lipinski definition) is 1. The van der Waals surface area contributed by atoms with Gasteiger partial charge in [0.2, 0.25) is 0 Å². The van der Waals surface area contributed by atoms with Gasteiger partial charge in [-0.3, -0.25) is 14.6 Å². The lowest BCUT2D eigenvalue weighted by Crippen LogP contribution is -2.37. The van der Waals surface area contributed by atoms with Crippen molar-refractivity contribution < 1.29 is 9.59 Å². The number of aromatic nitrogens is 1. The minimum Gasteiger partial charge on any atom is -0.348 e. The quantitative estimate of drug-likeness (QED) is 0.847. The minimum atomic E-state index is -0.198. The summed E-state index contributed by atoms with van der Waals surface area (Å²) in [4.78, 5) is 31.5. The monoisotopic (exact) mass is 365 g/mol. The number of carbonyl (C=O) groups excluding carboxylic acids is 2. The lowest BCUT2D eigenvalue weighted by Gasteiger charge is -2.27. The molecule has 0 unspecified atom stereocenters. The molecule has 2 aromatic rings. The highest BCUT2D eigenvalue weighted by molar-refractivity contribution is 5.98. The van der Waals surface area contributed by atoms with Crippen molar-refractivity contribution >= 4 is 11.8 Å². The molecule has 2 amide bonds. The average Bonchev–Trinajstić information content (AvgIpc) is 3.19. The first kappa shape index (κ1) is 19.1. The van der Waals surface area contributed by atoms with Gasteiger partial charge in [-0.25, -0.2) is 0 Å². The Morgan fingerprint density at radius 1 is 1.15 bits per heavy atom. The van der Waals surface area contributed by atoms with Crippen LogP contribution in [0.2, 0.25) is 0 Å². The molecule has 1 aliphatic carbocycles. The molecule has 0 atom stereocenters. The highest BCUT2D eigenvalue weighted by atomic mass is 16.2. The fourth-order valence-corrected chi connectivity index (χ4v) is 3.45. The number of nitrogens with one attached hydrogen (secondary N) is 1. The van der Waals surface area contributed by atoms with Gasteiger partial charge in [0.05, 0.1) is 0 Å². The van der Waals surface area contributed by atoms with Crippen molar-refractivity contribution in [3.63, 3.8) is 0 Å². The molecule has 0 radical (unpaired) electrons. The maximum absolute atomic E-state index is 13.1. The largest absolute Gasteiger partial charge is 0.348 e. The third-order valence-corrected chi connectivity index (χ3v) is 5.01. The molecule has 0 bridgehead atoms. The van der Waals surface area contributed by atoms with Gasteiger partial charge in [-0.2, -0.15) is 0 Å². The van der Waals surface area contributed by atoms with Crippen LogP contribution < -0.4 is 5.32 Å². The van der Waals surface area contributed by atoms with E-state index in [0.717, 1.165) is 31.2 Å². The first-order chi connectivity index (χ1) is 13.0. The highest BCUT2D eigenvalue weighted by Crippen LogP contribution is 2.18. The zero-order valence-electron chi connectivity index (χ0n) is 16.0. The van der Waals surface area contributed by atoms with E-state index in [1.807, 2.05) is 49.1 Å². The van der Waals surface area contributed by atoms with Crippen LogP contribution in [0.3, 0.4) is 0 Å². The molecule has 1 saturated carbocycles. The van der Waals surface area contributed by atoms with Crippen LogP contribution in [0.1, 0.15) is 65.9 Å². The van der Waals surface area contributed by atoms with Gasteiger partial charge in [-0.05, 0) is 44.4 Å². The van der Waals surface area contributed by atoms with Crippen molar-refractivity contribution in [2.75, 3.05) is 0 Å². The Morgan fingerprint density at radius 2 is 1.85 bits per heavy atom. The molecule has 142 valence electrons. The van der Waals surface area contributed by atoms with Crippen LogP contribution in [-0.2, 0) is 6.54 Å². The van der Waals surface area contributed by atoms with E-state index in [4.69, 9.17) is 0 Å². The average molecular weight is 365 g/mol. The minimum absolute atomic E-state index is 0.0432. The van der Waals surface area contributed by atoms with Crippen LogP contribution in [0.15, 0.2) is 48.7 Å². The van der Waals surface area contributed by atoms with Gasteiger partial charge in [-0.1, -0.05) is 43.2 Å². The van der Waals surface area contributed by atoms with Crippen molar-refractivity contribution in [3.05, 3.63) is 65.5 Å². The number of pyridine rings is 1. The number of hydrogen-bond acceptors (Lipinski definition) is 3. The van der Waals surface area contributed by atoms with Gasteiger partial charge in [0.1, 0.15) is 5.69 Å². The molecule has 1 aromatic carbocycles. The Kier molecular flexibility index (Phi) is 6.22. The molecule has 3 rings (SSSR count). The first-order valence-corrected chi connectivity index (χ1v) is 9.66. The molecular weight excluding hydrogens is 338 g/mol. The first-order valence-electron chi connectivity index (χ1n) is 9.66. The normalized spacial score (nSPS) is 14.3. The summed E-state index contributed by atoms with van der Waals surface area (Å²) in [7, 11) is 0. The fourth-order valence-electron chi connectivity index (χ4n) is 3.45. The molecule has 1 N–H and O–H groups in total. The zero-order chi connectivity index (χ0) is 19.2. The molecule has 0 saturated heterocycles. The van der Waals surface area contributed by atoms with Crippen LogP contribution in [0.25, 0.3) is 0 Å². The smallest absolute Gasteiger partial charge is 0.270 e. The molecular formula is C22H27N3O2. The SMILES string of the molecule is CC(C)N(Cc1ccccc1)C(=O)c1ccnc(C(=O)NC2CCCC2)c1. The van der Waals surface area contributed by atoms with Gasteiger partial charge in [0.25, 0.3) is 11.8 Å². The van der Waals surface area contributed by atoms with Gasteiger partial charge >= 0.3 is 0 Å². The second kappa shape index (κ2) is 8.80. The van der Waals surface area contributed by atoms with E-state index in [0.29, 0.717) is 17.8 Å². The van der Waals surface area contributed by atoms with E-state index in [2.05, 4.69) is 10.3 Å². The predicted molar refractivity (Wildman–Crippen MR) is 105 cm³/mol. The van der Waals surface area contributed by atoms with Gasteiger partial charge in [0.15, 0.2) is 0 Å². The Labute approximate surface area is 160 Å². The Morgan fingerprint density at radius 3 is 2.52 bits per heavy atom. The third kappa shape index (κ3) is 4.94. The maximum atomic E-state index is 13.1. The molecule has 5 nitrogen and oxygen atoms in total. The van der Waals surface area contributed by atoms with E-state index in [1.54, 1.807) is 12.1 Å². The van der Waals surface area contributed by atoms with Crippen molar-refractivity contribution in [3.8, 4) is 0 Å². The van der Waals surface area contributed by atoms with E-state index in [1.165, 1.54) is 6.20 Å². The van der Waals surface area contributed by atoms with E-state index >= 15 is 0 Å². The van der Waals surface area contributed by atoms with E-state index in [9.17, 15) is 9.59 Å². The summed E-state index contributed by atoms with van der Waals surface area (Å²) < 4.78 is 0. The van der Waals surface area contributed by atoms with Crippen LogP contribution in [0, 0.1) is 0 Å². The van der Waals surface area contributed by atoms with Crippen molar-refractivity contribution in [2.24, 2.45) is 0 Å². The molecule has 1 aliphatic rings. The zero-order valence-corrected chi connectivity index (χ0v) is 16.0. The Balaban J connectivity index is 1.75. The summed E-state index contributed by atoms with van der Waals surface area (Å²) >= 11 is 0. The Hall–Kier alpha value is -2.69. The van der Waals surface area contributed by atoms with Crippen LogP contribution >= 0.6 is 0 Å². The van der Waals surface area contributed by atoms with Crippen LogP contribution in [0.5, 0.6) is 0 Å². The van der Waals surface area contributed by atoms with Crippen LogP contribution in [-0.4, -0.2) is 33.8 Å². The molecule has 1 aromatic heterocycles. The molecule has 27 heavy (non-hydrogen) atoms.